The first-order valence-electron chi connectivity index (χ1n) is 9.73. The number of pyridine rings is 1. The third-order valence-electron chi connectivity index (χ3n) is 4.70. The molecule has 0 aliphatic rings. The molecule has 0 aliphatic carbocycles. The number of carbonyl (C=O) groups is 1. The average molecular weight is 410 g/mol. The van der Waals surface area contributed by atoms with E-state index in [1.165, 1.54) is 0 Å². The largest absolute Gasteiger partial charge is 0.487 e. The maximum absolute atomic E-state index is 12.6. The number of ether oxygens (including phenoxy) is 1. The summed E-state index contributed by atoms with van der Waals surface area (Å²) in [4.78, 5) is 17.1. The monoisotopic (exact) mass is 410 g/mol. The lowest BCUT2D eigenvalue weighted by Gasteiger charge is -2.07. The minimum absolute atomic E-state index is 0.134. The van der Waals surface area contributed by atoms with Gasteiger partial charge in [-0.15, -0.1) is 0 Å². The molecule has 3 heterocycles. The number of hydrogen-bond acceptors (Lipinski definition) is 5. The highest BCUT2D eigenvalue weighted by Gasteiger charge is 2.14. The van der Waals surface area contributed by atoms with Crippen LogP contribution >= 0.6 is 0 Å². The lowest BCUT2D eigenvalue weighted by molar-refractivity contribution is 0.0988. The predicted octanol–water partition coefficient (Wildman–Crippen LogP) is 4.82. The van der Waals surface area contributed by atoms with Gasteiger partial charge in [-0.2, -0.15) is 0 Å². The topological polar surface area (TPSA) is 81.7 Å². The number of amides is 1. The minimum atomic E-state index is -0.382. The number of carbonyl (C=O) groups excluding carboxylic acids is 1. The predicted molar refractivity (Wildman–Crippen MR) is 116 cm³/mol. The van der Waals surface area contributed by atoms with Crippen molar-refractivity contribution in [3.05, 3.63) is 103 Å². The van der Waals surface area contributed by atoms with E-state index in [0.29, 0.717) is 23.7 Å². The van der Waals surface area contributed by atoms with Gasteiger partial charge < -0.3 is 19.0 Å². The second-order valence-corrected chi connectivity index (χ2v) is 6.91. The number of aromatic nitrogens is 3. The number of benzene rings is 2. The number of hydrogen-bond donors (Lipinski definition) is 1. The minimum Gasteiger partial charge on any atom is -0.487 e. The van der Waals surface area contributed by atoms with Crippen LogP contribution < -0.4 is 10.1 Å². The Morgan fingerprint density at radius 3 is 2.74 bits per heavy atom. The van der Waals surface area contributed by atoms with Gasteiger partial charge in [-0.1, -0.05) is 47.6 Å². The van der Waals surface area contributed by atoms with Gasteiger partial charge in [-0.05, 0) is 24.3 Å². The van der Waals surface area contributed by atoms with E-state index in [1.807, 2.05) is 77.5 Å². The van der Waals surface area contributed by atoms with Crippen molar-refractivity contribution >= 4 is 17.2 Å². The van der Waals surface area contributed by atoms with Crippen LogP contribution in [0, 0.1) is 0 Å². The van der Waals surface area contributed by atoms with E-state index in [9.17, 15) is 4.79 Å². The maximum Gasteiger partial charge on any atom is 0.294 e. The highest BCUT2D eigenvalue weighted by molar-refractivity contribution is 6.02. The van der Waals surface area contributed by atoms with E-state index in [2.05, 4.69) is 15.5 Å². The van der Waals surface area contributed by atoms with E-state index >= 15 is 0 Å². The van der Waals surface area contributed by atoms with Gasteiger partial charge in [0, 0.05) is 35.8 Å². The molecule has 0 aliphatic heterocycles. The summed E-state index contributed by atoms with van der Waals surface area (Å²) in [6.45, 7) is 0.321. The molecule has 31 heavy (non-hydrogen) atoms. The molecule has 1 N–H and O–H groups in total. The Morgan fingerprint density at radius 2 is 1.87 bits per heavy atom. The van der Waals surface area contributed by atoms with Crippen LogP contribution in [0.2, 0.25) is 0 Å². The number of anilines is 1. The molecule has 5 aromatic rings. The second-order valence-electron chi connectivity index (χ2n) is 6.91. The molecule has 7 nitrogen and oxygen atoms in total. The zero-order valence-corrected chi connectivity index (χ0v) is 16.4. The van der Waals surface area contributed by atoms with Crippen LogP contribution in [0.5, 0.6) is 5.75 Å². The first kappa shape index (κ1) is 18.6. The van der Waals surface area contributed by atoms with Crippen molar-refractivity contribution in [1.82, 2.24) is 14.5 Å². The number of fused-ring (bicyclic) bond motifs is 1. The number of imidazole rings is 1. The summed E-state index contributed by atoms with van der Waals surface area (Å²) in [6.07, 6.45) is 3.86. The van der Waals surface area contributed by atoms with Crippen LogP contribution in [-0.2, 0) is 6.61 Å². The van der Waals surface area contributed by atoms with Crippen molar-refractivity contribution in [2.45, 2.75) is 6.61 Å². The van der Waals surface area contributed by atoms with E-state index in [1.54, 1.807) is 18.2 Å². The second kappa shape index (κ2) is 8.16. The highest BCUT2D eigenvalue weighted by atomic mass is 16.5. The molecule has 7 heteroatoms. The van der Waals surface area contributed by atoms with Gasteiger partial charge in [0.2, 0.25) is 5.76 Å². The molecular weight excluding hydrogens is 392 g/mol. The third-order valence-corrected chi connectivity index (χ3v) is 4.70. The maximum atomic E-state index is 12.6. The molecule has 0 saturated heterocycles. The fourth-order valence-electron chi connectivity index (χ4n) is 3.20. The molecular formula is C24H18N4O3. The molecule has 0 fully saturated rings. The van der Waals surface area contributed by atoms with Crippen LogP contribution in [0.1, 0.15) is 16.2 Å². The Morgan fingerprint density at radius 1 is 1.00 bits per heavy atom. The van der Waals surface area contributed by atoms with E-state index in [-0.39, 0.29) is 11.7 Å². The molecule has 0 saturated carbocycles. The summed E-state index contributed by atoms with van der Waals surface area (Å²) in [7, 11) is 0. The molecule has 0 unspecified atom stereocenters. The zero-order chi connectivity index (χ0) is 21.0. The van der Waals surface area contributed by atoms with Crippen LogP contribution in [0.3, 0.4) is 0 Å². The molecule has 0 bridgehead atoms. The van der Waals surface area contributed by atoms with Crippen molar-refractivity contribution in [3.8, 4) is 17.0 Å². The van der Waals surface area contributed by atoms with E-state index < -0.39 is 0 Å². The van der Waals surface area contributed by atoms with Gasteiger partial charge in [0.05, 0.1) is 5.69 Å². The summed E-state index contributed by atoms with van der Waals surface area (Å²) < 4.78 is 13.0. The Bertz CT molecular complexity index is 1310. The average Bonchev–Trinajstić information content (AvgIpc) is 3.46. The molecule has 3 aromatic heterocycles. The Kier molecular flexibility index (Phi) is 4.90. The smallest absolute Gasteiger partial charge is 0.294 e. The standard InChI is InChI=1S/C24H18N4O3/c29-24(22-14-21(27-31-22)17-7-2-1-3-8-17)26-18-9-6-10-20(13-18)30-16-19-15-28-12-5-4-11-23(28)25-19/h1-15H,16H2,(H,26,29). The summed E-state index contributed by atoms with van der Waals surface area (Å²) in [5, 5.41) is 6.79. The van der Waals surface area contributed by atoms with Crippen molar-refractivity contribution in [3.63, 3.8) is 0 Å². The van der Waals surface area contributed by atoms with Crippen molar-refractivity contribution < 1.29 is 14.1 Å². The van der Waals surface area contributed by atoms with Crippen LogP contribution in [0.4, 0.5) is 5.69 Å². The fraction of sp³-hybridized carbons (Fsp3) is 0.0417. The number of nitrogens with zero attached hydrogens (tertiary/aromatic N) is 3. The van der Waals surface area contributed by atoms with Crippen molar-refractivity contribution in [2.75, 3.05) is 5.32 Å². The summed E-state index contributed by atoms with van der Waals surface area (Å²) in [5.41, 5.74) is 3.76. The Balaban J connectivity index is 1.25. The molecule has 0 spiro atoms. The third kappa shape index (κ3) is 4.16. The van der Waals surface area contributed by atoms with Crippen LogP contribution in [-0.4, -0.2) is 20.4 Å². The van der Waals surface area contributed by atoms with Crippen molar-refractivity contribution in [1.29, 1.82) is 0 Å². The number of nitrogens with one attached hydrogen (secondary N) is 1. The van der Waals surface area contributed by atoms with Crippen molar-refractivity contribution in [2.24, 2.45) is 0 Å². The van der Waals surface area contributed by atoms with Crippen LogP contribution in [0.25, 0.3) is 16.9 Å². The lowest BCUT2D eigenvalue weighted by atomic mass is 10.1. The van der Waals surface area contributed by atoms with E-state index in [0.717, 1.165) is 16.9 Å². The van der Waals surface area contributed by atoms with Gasteiger partial charge in [-0.3, -0.25) is 4.79 Å². The summed E-state index contributed by atoms with van der Waals surface area (Å²) in [6, 6.07) is 24.2. The van der Waals surface area contributed by atoms with E-state index in [4.69, 9.17) is 9.26 Å². The first-order chi connectivity index (χ1) is 15.2. The quantitative estimate of drug-likeness (QED) is 0.434. The number of rotatable bonds is 6. The van der Waals surface area contributed by atoms with Gasteiger partial charge in [-0.25, -0.2) is 4.98 Å². The fourth-order valence-corrected chi connectivity index (χ4v) is 3.20. The zero-order valence-electron chi connectivity index (χ0n) is 16.4. The normalized spacial score (nSPS) is 10.8. The first-order valence-corrected chi connectivity index (χ1v) is 9.73. The molecule has 2 aromatic carbocycles. The summed E-state index contributed by atoms with van der Waals surface area (Å²) in [5.74, 6) is 0.374. The van der Waals surface area contributed by atoms with Gasteiger partial charge in [0.15, 0.2) is 0 Å². The highest BCUT2D eigenvalue weighted by Crippen LogP contribution is 2.22. The molecule has 0 atom stereocenters. The Labute approximate surface area is 177 Å². The lowest BCUT2D eigenvalue weighted by Crippen LogP contribution is -2.10. The molecule has 1 amide bonds. The van der Waals surface area contributed by atoms with Gasteiger partial charge >= 0.3 is 0 Å². The molecule has 5 rings (SSSR count). The van der Waals surface area contributed by atoms with Crippen LogP contribution in [0.15, 0.2) is 95.8 Å². The molecule has 0 radical (unpaired) electrons. The van der Waals surface area contributed by atoms with Gasteiger partial charge in [0.25, 0.3) is 5.91 Å². The Hall–Kier alpha value is -4.39. The summed E-state index contributed by atoms with van der Waals surface area (Å²) >= 11 is 0. The molecule has 152 valence electrons. The SMILES string of the molecule is O=C(Nc1cccc(OCc2cn3ccccc3n2)c1)c1cc(-c2ccccc2)no1. The van der Waals surface area contributed by atoms with Gasteiger partial charge in [0.1, 0.15) is 23.7 Å².